The lowest BCUT2D eigenvalue weighted by Gasteiger charge is -2.28. The third kappa shape index (κ3) is 7.16. The first-order valence-corrected chi connectivity index (χ1v) is 12.4. The summed E-state index contributed by atoms with van der Waals surface area (Å²) in [5.41, 5.74) is 0.937. The molecule has 0 saturated carbocycles. The van der Waals surface area contributed by atoms with Gasteiger partial charge >= 0.3 is 12.1 Å². The van der Waals surface area contributed by atoms with Crippen LogP contribution in [0.5, 0.6) is 0 Å². The van der Waals surface area contributed by atoms with Crippen LogP contribution in [0.2, 0.25) is 0 Å². The second-order valence-electron chi connectivity index (χ2n) is 8.17. The molecule has 0 aliphatic carbocycles. The second kappa shape index (κ2) is 13.5. The zero-order valence-electron chi connectivity index (χ0n) is 20.2. The minimum atomic E-state index is -1.35. The Morgan fingerprint density at radius 3 is 2.67 bits per heavy atom. The number of imide groups is 1. The number of cyclic esters (lactones) is 1. The van der Waals surface area contributed by atoms with E-state index < -0.39 is 36.2 Å². The molecule has 1 aromatic carbocycles. The fraction of sp³-hybridized carbons (Fsp3) is 0.480. The van der Waals surface area contributed by atoms with E-state index in [1.165, 1.54) is 14.0 Å². The lowest BCUT2D eigenvalue weighted by molar-refractivity contribution is -0.164. The molecule has 1 aliphatic heterocycles. The van der Waals surface area contributed by atoms with Gasteiger partial charge in [0.1, 0.15) is 18.1 Å². The number of hydrogen-bond donors (Lipinski definition) is 1. The molecule has 0 bridgehead atoms. The number of halogens is 1. The summed E-state index contributed by atoms with van der Waals surface area (Å²) in [6, 6.07) is 10.5. The van der Waals surface area contributed by atoms with Crippen molar-refractivity contribution in [2.75, 3.05) is 33.5 Å². The average Bonchev–Trinajstić information content (AvgIpc) is 3.40. The monoisotopic (exact) mass is 567 g/mol. The highest BCUT2D eigenvalue weighted by Crippen LogP contribution is 2.33. The van der Waals surface area contributed by atoms with Crippen LogP contribution in [0.4, 0.5) is 4.79 Å². The van der Waals surface area contributed by atoms with Crippen LogP contribution >= 0.6 is 15.9 Å². The Balaban J connectivity index is 1.80. The molecular weight excluding hydrogens is 538 g/mol. The Hall–Kier alpha value is -2.73. The van der Waals surface area contributed by atoms with Crippen molar-refractivity contribution in [1.82, 2.24) is 4.90 Å². The van der Waals surface area contributed by atoms with Crippen LogP contribution in [0.15, 0.2) is 45.3 Å². The SMILES string of the molecule is CO[C@@H](C(=O)N1C(=O)OC[C@H]1Cc1ccccc1)[C@@H](OC(C)=O)c1cc(Br)c(CCCOCCO)o1. The number of benzene rings is 1. The van der Waals surface area contributed by atoms with Gasteiger partial charge in [-0.2, -0.15) is 0 Å². The van der Waals surface area contributed by atoms with Crippen molar-refractivity contribution in [1.29, 1.82) is 0 Å². The summed E-state index contributed by atoms with van der Waals surface area (Å²) in [5, 5.41) is 8.80. The summed E-state index contributed by atoms with van der Waals surface area (Å²) in [7, 11) is 1.30. The van der Waals surface area contributed by atoms with Crippen molar-refractivity contribution in [3.63, 3.8) is 0 Å². The number of amides is 2. The third-order valence-electron chi connectivity index (χ3n) is 5.56. The highest BCUT2D eigenvalue weighted by molar-refractivity contribution is 9.10. The molecule has 0 radical (unpaired) electrons. The standard InChI is InChI=1S/C25H30BrNO9/c1-16(29)35-22(21-14-19(26)20(36-21)9-6-11-33-12-10-28)23(32-2)24(30)27-18(15-34-25(27)31)13-17-7-4-3-5-8-17/h3-5,7-8,14,18,22-23,28H,6,9-13,15H2,1-2H3/t18-,22+,23-/m1/s1. The molecule has 3 atom stereocenters. The van der Waals surface area contributed by atoms with E-state index in [9.17, 15) is 14.4 Å². The minimum absolute atomic E-state index is 0.0446. The smallest absolute Gasteiger partial charge is 0.417 e. The van der Waals surface area contributed by atoms with Gasteiger partial charge in [-0.1, -0.05) is 30.3 Å². The lowest BCUT2D eigenvalue weighted by Crippen LogP contribution is -2.48. The molecule has 2 heterocycles. The van der Waals surface area contributed by atoms with Crippen molar-refractivity contribution in [3.05, 3.63) is 58.0 Å². The van der Waals surface area contributed by atoms with Crippen molar-refractivity contribution in [3.8, 4) is 0 Å². The number of carbonyl (C=O) groups excluding carboxylic acids is 3. The van der Waals surface area contributed by atoms with Gasteiger partial charge in [0, 0.05) is 27.1 Å². The summed E-state index contributed by atoms with van der Waals surface area (Å²) in [6.45, 7) is 1.88. The maximum atomic E-state index is 13.6. The molecule has 11 heteroatoms. The van der Waals surface area contributed by atoms with Crippen LogP contribution in [0, 0.1) is 0 Å². The van der Waals surface area contributed by atoms with Gasteiger partial charge < -0.3 is 28.5 Å². The van der Waals surface area contributed by atoms with Gasteiger partial charge in [-0.3, -0.25) is 9.59 Å². The Morgan fingerprint density at radius 2 is 2.00 bits per heavy atom. The summed E-state index contributed by atoms with van der Waals surface area (Å²) >= 11 is 3.44. The molecule has 0 spiro atoms. The fourth-order valence-electron chi connectivity index (χ4n) is 3.94. The number of rotatable bonds is 13. The van der Waals surface area contributed by atoms with Crippen LogP contribution in [0.1, 0.15) is 36.5 Å². The molecule has 0 unspecified atom stereocenters. The normalized spacial score (nSPS) is 17.1. The molecular formula is C25H30BrNO9. The lowest BCUT2D eigenvalue weighted by atomic mass is 10.0. The maximum Gasteiger partial charge on any atom is 0.417 e. The van der Waals surface area contributed by atoms with Gasteiger partial charge in [0.25, 0.3) is 5.91 Å². The number of carbonyl (C=O) groups is 3. The predicted octanol–water partition coefficient (Wildman–Crippen LogP) is 3.19. The topological polar surface area (TPSA) is 125 Å². The summed E-state index contributed by atoms with van der Waals surface area (Å²) in [4.78, 5) is 39.1. The summed E-state index contributed by atoms with van der Waals surface area (Å²) in [5.74, 6) is -0.583. The van der Waals surface area contributed by atoms with E-state index >= 15 is 0 Å². The number of hydrogen-bond acceptors (Lipinski definition) is 9. The number of aliphatic hydroxyl groups excluding tert-OH is 1. The molecule has 3 rings (SSSR count). The van der Waals surface area contributed by atoms with Gasteiger partial charge in [-0.05, 0) is 40.4 Å². The Labute approximate surface area is 217 Å². The van der Waals surface area contributed by atoms with E-state index in [4.69, 9.17) is 28.5 Å². The van der Waals surface area contributed by atoms with Crippen molar-refractivity contribution < 1.29 is 42.9 Å². The van der Waals surface area contributed by atoms with Crippen molar-refractivity contribution >= 4 is 33.9 Å². The number of ether oxygens (including phenoxy) is 4. The molecule has 2 aromatic rings. The quantitative estimate of drug-likeness (QED) is 0.287. The van der Waals surface area contributed by atoms with Gasteiger partial charge in [0.15, 0.2) is 12.2 Å². The van der Waals surface area contributed by atoms with Crippen LogP contribution in [0.3, 0.4) is 0 Å². The number of esters is 1. The van der Waals surface area contributed by atoms with Crippen molar-refractivity contribution in [2.24, 2.45) is 0 Å². The first-order valence-electron chi connectivity index (χ1n) is 11.6. The second-order valence-corrected chi connectivity index (χ2v) is 9.03. The van der Waals surface area contributed by atoms with Crippen LogP contribution in [-0.2, 0) is 41.4 Å². The number of aliphatic hydroxyl groups is 1. The number of furan rings is 1. The average molecular weight is 568 g/mol. The van der Waals surface area contributed by atoms with E-state index in [1.54, 1.807) is 6.07 Å². The Kier molecular flexibility index (Phi) is 10.5. The van der Waals surface area contributed by atoms with Gasteiger partial charge in [-0.15, -0.1) is 0 Å². The zero-order valence-corrected chi connectivity index (χ0v) is 21.8. The molecule has 1 saturated heterocycles. The van der Waals surface area contributed by atoms with Crippen LogP contribution in [0.25, 0.3) is 0 Å². The maximum absolute atomic E-state index is 13.6. The van der Waals surface area contributed by atoms with E-state index in [-0.39, 0.29) is 25.6 Å². The molecule has 1 N–H and O–H groups in total. The molecule has 196 valence electrons. The first kappa shape index (κ1) is 27.9. The zero-order chi connectivity index (χ0) is 26.1. The van der Waals surface area contributed by atoms with Gasteiger partial charge in [0.2, 0.25) is 0 Å². The Morgan fingerprint density at radius 1 is 1.25 bits per heavy atom. The van der Waals surface area contributed by atoms with E-state index in [2.05, 4.69) is 15.9 Å². The van der Waals surface area contributed by atoms with Gasteiger partial charge in [0.05, 0.1) is 23.7 Å². The van der Waals surface area contributed by atoms with E-state index in [1.807, 2.05) is 30.3 Å². The number of methoxy groups -OCH3 is 1. The molecule has 10 nitrogen and oxygen atoms in total. The Bertz CT molecular complexity index is 1030. The van der Waals surface area contributed by atoms with Crippen molar-refractivity contribution in [2.45, 2.75) is 44.4 Å². The number of nitrogens with zero attached hydrogens (tertiary/aromatic N) is 1. The number of aryl methyl sites for hydroxylation is 1. The minimum Gasteiger partial charge on any atom is -0.461 e. The molecule has 1 aromatic heterocycles. The third-order valence-corrected chi connectivity index (χ3v) is 6.23. The summed E-state index contributed by atoms with van der Waals surface area (Å²) < 4.78 is 27.9. The molecule has 2 amide bonds. The first-order chi connectivity index (χ1) is 17.3. The van der Waals surface area contributed by atoms with Gasteiger partial charge in [-0.25, -0.2) is 9.69 Å². The van der Waals surface area contributed by atoms with Crippen LogP contribution < -0.4 is 0 Å². The molecule has 36 heavy (non-hydrogen) atoms. The molecule has 1 fully saturated rings. The molecule has 1 aliphatic rings. The highest BCUT2D eigenvalue weighted by Gasteiger charge is 2.45. The highest BCUT2D eigenvalue weighted by atomic mass is 79.9. The largest absolute Gasteiger partial charge is 0.461 e. The van der Waals surface area contributed by atoms with E-state index in [0.717, 1.165) is 10.5 Å². The van der Waals surface area contributed by atoms with Crippen LogP contribution in [-0.4, -0.2) is 73.7 Å². The summed E-state index contributed by atoms with van der Waals surface area (Å²) in [6.07, 6.45) is -1.84. The predicted molar refractivity (Wildman–Crippen MR) is 130 cm³/mol. The van der Waals surface area contributed by atoms with E-state index in [0.29, 0.717) is 36.1 Å². The fourth-order valence-corrected chi connectivity index (χ4v) is 4.45.